The van der Waals surface area contributed by atoms with Crippen LogP contribution in [-0.2, 0) is 9.84 Å². The second-order valence-electron chi connectivity index (χ2n) is 5.97. The Morgan fingerprint density at radius 2 is 1.95 bits per heavy atom. The first-order chi connectivity index (χ1) is 9.87. The maximum atomic E-state index is 12.3. The molecular formula is C14H19N3O3S. The van der Waals surface area contributed by atoms with Gasteiger partial charge in [-0.2, -0.15) is 0 Å². The molecular weight excluding hydrogens is 290 g/mol. The Hall–Kier alpha value is -1.76. The van der Waals surface area contributed by atoms with Crippen LogP contribution in [0.15, 0.2) is 18.2 Å². The van der Waals surface area contributed by atoms with Crippen LogP contribution in [0, 0.1) is 0 Å². The zero-order chi connectivity index (χ0) is 15.1. The average Bonchev–Trinajstić information content (AvgIpc) is 2.71. The topological polar surface area (TPSA) is 87.3 Å². The third-order valence-electron chi connectivity index (χ3n) is 3.96. The predicted octanol–water partition coefficient (Wildman–Crippen LogP) is 0.831. The highest BCUT2D eigenvalue weighted by atomic mass is 32.2. The first-order valence-electron chi connectivity index (χ1n) is 7.02. The monoisotopic (exact) mass is 309 g/mol. The molecule has 6 nitrogen and oxygen atoms in total. The van der Waals surface area contributed by atoms with Gasteiger partial charge in [-0.1, -0.05) is 0 Å². The number of carbonyl (C=O) groups excluding carboxylic acids is 1. The fourth-order valence-corrected chi connectivity index (χ4v) is 4.93. The molecule has 1 atom stereocenters. The molecule has 0 spiro atoms. The van der Waals surface area contributed by atoms with Gasteiger partial charge in [0.25, 0.3) is 5.91 Å². The van der Waals surface area contributed by atoms with E-state index in [1.165, 1.54) is 0 Å². The van der Waals surface area contributed by atoms with Gasteiger partial charge in [0, 0.05) is 18.7 Å². The van der Waals surface area contributed by atoms with Crippen molar-refractivity contribution in [3.63, 3.8) is 0 Å². The largest absolute Gasteiger partial charge is 0.382 e. The van der Waals surface area contributed by atoms with Crippen LogP contribution in [0.25, 0.3) is 0 Å². The smallest absolute Gasteiger partial charge is 0.251 e. The molecule has 0 aromatic heterocycles. The summed E-state index contributed by atoms with van der Waals surface area (Å²) in [5.74, 6) is -0.0830. The summed E-state index contributed by atoms with van der Waals surface area (Å²) >= 11 is 0. The quantitative estimate of drug-likeness (QED) is 0.753. The number of anilines is 2. The lowest BCUT2D eigenvalue weighted by molar-refractivity contribution is 0.0915. The van der Waals surface area contributed by atoms with Gasteiger partial charge in [0.15, 0.2) is 9.84 Å². The third-order valence-corrected chi connectivity index (χ3v) is 5.86. The number of rotatable bonds is 2. The molecule has 1 saturated heterocycles. The first-order valence-corrected chi connectivity index (χ1v) is 8.84. The van der Waals surface area contributed by atoms with E-state index in [4.69, 9.17) is 0 Å². The molecule has 0 bridgehead atoms. The summed E-state index contributed by atoms with van der Waals surface area (Å²) in [7, 11) is -3.03. The third kappa shape index (κ3) is 2.97. The molecule has 1 aromatic carbocycles. The van der Waals surface area contributed by atoms with Crippen molar-refractivity contribution in [2.75, 3.05) is 35.2 Å². The van der Waals surface area contributed by atoms with Crippen LogP contribution in [0.2, 0.25) is 0 Å². The standard InChI is InChI=1S/C14H19N3O3S/c1-14(4-7-21(19,20)9-14)17-13(18)10-2-3-11-12(8-10)16-6-5-15-11/h2-3,8,15-16H,4-7,9H2,1H3,(H,17,18). The number of hydrogen-bond donors (Lipinski definition) is 3. The summed E-state index contributed by atoms with van der Waals surface area (Å²) in [5.41, 5.74) is 1.75. The summed E-state index contributed by atoms with van der Waals surface area (Å²) in [6.45, 7) is 3.45. The molecule has 2 aliphatic rings. The highest BCUT2D eigenvalue weighted by Gasteiger charge is 2.39. The fourth-order valence-electron chi connectivity index (χ4n) is 2.84. The van der Waals surface area contributed by atoms with E-state index in [9.17, 15) is 13.2 Å². The van der Waals surface area contributed by atoms with Crippen molar-refractivity contribution in [3.05, 3.63) is 23.8 Å². The van der Waals surface area contributed by atoms with Gasteiger partial charge in [0.2, 0.25) is 0 Å². The van der Waals surface area contributed by atoms with Crippen molar-refractivity contribution in [2.24, 2.45) is 0 Å². The lowest BCUT2D eigenvalue weighted by atomic mass is 10.0. The van der Waals surface area contributed by atoms with Crippen molar-refractivity contribution >= 4 is 27.1 Å². The number of benzene rings is 1. The van der Waals surface area contributed by atoms with Gasteiger partial charge in [-0.25, -0.2) is 8.42 Å². The lowest BCUT2D eigenvalue weighted by Crippen LogP contribution is -2.46. The SMILES string of the molecule is CC1(NC(=O)c2ccc3c(c2)NCCN3)CCS(=O)(=O)C1. The molecule has 1 aromatic rings. The van der Waals surface area contributed by atoms with Gasteiger partial charge in [-0.05, 0) is 31.5 Å². The predicted molar refractivity (Wildman–Crippen MR) is 82.6 cm³/mol. The van der Waals surface area contributed by atoms with E-state index in [1.54, 1.807) is 19.1 Å². The molecule has 0 saturated carbocycles. The molecule has 0 radical (unpaired) electrons. The number of nitrogens with one attached hydrogen (secondary N) is 3. The minimum Gasteiger partial charge on any atom is -0.382 e. The zero-order valence-electron chi connectivity index (χ0n) is 11.9. The Bertz CT molecular complexity index is 687. The zero-order valence-corrected chi connectivity index (χ0v) is 12.7. The van der Waals surface area contributed by atoms with E-state index >= 15 is 0 Å². The summed E-state index contributed by atoms with van der Waals surface area (Å²) in [4.78, 5) is 12.3. The minimum atomic E-state index is -3.03. The second-order valence-corrected chi connectivity index (χ2v) is 8.15. The number of fused-ring (bicyclic) bond motifs is 1. The summed E-state index contributed by atoms with van der Waals surface area (Å²) in [5, 5.41) is 9.35. The van der Waals surface area contributed by atoms with Crippen LogP contribution in [0.3, 0.4) is 0 Å². The lowest BCUT2D eigenvalue weighted by Gasteiger charge is -2.25. The molecule has 3 N–H and O–H groups in total. The molecule has 1 unspecified atom stereocenters. The van der Waals surface area contributed by atoms with Gasteiger partial charge < -0.3 is 16.0 Å². The second kappa shape index (κ2) is 4.91. The van der Waals surface area contributed by atoms with Crippen LogP contribution >= 0.6 is 0 Å². The molecule has 1 amide bonds. The van der Waals surface area contributed by atoms with E-state index in [1.807, 2.05) is 6.07 Å². The minimum absolute atomic E-state index is 0.0104. The number of carbonyl (C=O) groups is 1. The highest BCUT2D eigenvalue weighted by Crippen LogP contribution is 2.27. The molecule has 7 heteroatoms. The summed E-state index contributed by atoms with van der Waals surface area (Å²) < 4.78 is 23.2. The first kappa shape index (κ1) is 14.2. The van der Waals surface area contributed by atoms with Crippen molar-refractivity contribution in [3.8, 4) is 0 Å². The maximum absolute atomic E-state index is 12.3. The molecule has 3 rings (SSSR count). The molecule has 0 aliphatic carbocycles. The van der Waals surface area contributed by atoms with E-state index in [0.29, 0.717) is 12.0 Å². The van der Waals surface area contributed by atoms with Crippen LogP contribution in [0.1, 0.15) is 23.7 Å². The van der Waals surface area contributed by atoms with E-state index in [2.05, 4.69) is 16.0 Å². The van der Waals surface area contributed by atoms with Gasteiger partial charge >= 0.3 is 0 Å². The summed E-state index contributed by atoms with van der Waals surface area (Å²) in [6.07, 6.45) is 0.464. The Balaban J connectivity index is 1.77. The van der Waals surface area contributed by atoms with Gasteiger partial charge in [0.05, 0.1) is 28.4 Å². The van der Waals surface area contributed by atoms with Crippen LogP contribution in [0.4, 0.5) is 11.4 Å². The van der Waals surface area contributed by atoms with Gasteiger partial charge in [-0.3, -0.25) is 4.79 Å². The maximum Gasteiger partial charge on any atom is 0.251 e. The Labute approximate surface area is 124 Å². The highest BCUT2D eigenvalue weighted by molar-refractivity contribution is 7.91. The van der Waals surface area contributed by atoms with E-state index in [-0.39, 0.29) is 17.4 Å². The van der Waals surface area contributed by atoms with Crippen molar-refractivity contribution < 1.29 is 13.2 Å². The normalized spacial score (nSPS) is 26.3. The Morgan fingerprint density at radius 3 is 2.62 bits per heavy atom. The summed E-state index contributed by atoms with van der Waals surface area (Å²) in [6, 6.07) is 5.41. The Kier molecular flexibility index (Phi) is 3.32. The average molecular weight is 309 g/mol. The van der Waals surface area contributed by atoms with Crippen molar-refractivity contribution in [2.45, 2.75) is 18.9 Å². The molecule has 114 valence electrons. The number of sulfone groups is 1. The van der Waals surface area contributed by atoms with Crippen LogP contribution in [-0.4, -0.2) is 44.5 Å². The van der Waals surface area contributed by atoms with E-state index < -0.39 is 15.4 Å². The molecule has 2 heterocycles. The Morgan fingerprint density at radius 1 is 1.24 bits per heavy atom. The van der Waals surface area contributed by atoms with Crippen LogP contribution < -0.4 is 16.0 Å². The molecule has 21 heavy (non-hydrogen) atoms. The fraction of sp³-hybridized carbons (Fsp3) is 0.500. The molecule has 1 fully saturated rings. The van der Waals surface area contributed by atoms with Crippen LogP contribution in [0.5, 0.6) is 0 Å². The number of hydrogen-bond acceptors (Lipinski definition) is 5. The van der Waals surface area contributed by atoms with Gasteiger partial charge in [-0.15, -0.1) is 0 Å². The number of amides is 1. The molecule has 2 aliphatic heterocycles. The van der Waals surface area contributed by atoms with Crippen molar-refractivity contribution in [1.82, 2.24) is 5.32 Å². The van der Waals surface area contributed by atoms with Crippen molar-refractivity contribution in [1.29, 1.82) is 0 Å². The van der Waals surface area contributed by atoms with Gasteiger partial charge in [0.1, 0.15) is 0 Å². The van der Waals surface area contributed by atoms with E-state index in [0.717, 1.165) is 24.5 Å².